The van der Waals surface area contributed by atoms with E-state index in [1.807, 2.05) is 11.9 Å². The van der Waals surface area contributed by atoms with Crippen LogP contribution in [0.3, 0.4) is 0 Å². The van der Waals surface area contributed by atoms with Crippen LogP contribution in [0.1, 0.15) is 31.2 Å². The van der Waals surface area contributed by atoms with Crippen molar-refractivity contribution < 1.29 is 17.9 Å². The summed E-state index contributed by atoms with van der Waals surface area (Å²) in [5.41, 5.74) is 0.577. The van der Waals surface area contributed by atoms with E-state index in [1.165, 1.54) is 26.0 Å². The zero-order valence-electron chi connectivity index (χ0n) is 23.7. The van der Waals surface area contributed by atoms with Gasteiger partial charge in [0.05, 0.1) is 18.1 Å². The molecule has 2 aromatic heterocycles. The van der Waals surface area contributed by atoms with Gasteiger partial charge in [0.15, 0.2) is 5.82 Å². The van der Waals surface area contributed by atoms with E-state index < -0.39 is 17.8 Å². The Bertz CT molecular complexity index is 1660. The highest BCUT2D eigenvalue weighted by atomic mass is 19.1. The van der Waals surface area contributed by atoms with E-state index in [9.17, 15) is 8.78 Å². The molecule has 218 valence electrons. The van der Waals surface area contributed by atoms with Crippen LogP contribution < -0.4 is 15.0 Å². The maximum absolute atomic E-state index is 16.0. The number of ether oxygens (including phenoxy) is 1. The summed E-state index contributed by atoms with van der Waals surface area (Å²) >= 11 is 0. The van der Waals surface area contributed by atoms with Gasteiger partial charge < -0.3 is 15.0 Å². The van der Waals surface area contributed by atoms with Gasteiger partial charge in [-0.05, 0) is 50.2 Å². The van der Waals surface area contributed by atoms with Gasteiger partial charge in [0, 0.05) is 49.4 Å². The lowest BCUT2D eigenvalue weighted by Crippen LogP contribution is -2.34. The number of pyridine rings is 1. The molecule has 10 heteroatoms. The highest BCUT2D eigenvalue weighted by Gasteiger charge is 2.34. The second-order valence-corrected chi connectivity index (χ2v) is 11.1. The topological polar surface area (TPSA) is 66.4 Å². The first kappa shape index (κ1) is 28.2. The van der Waals surface area contributed by atoms with E-state index >= 15 is 4.39 Å². The number of alkyl halides is 1. The molecule has 0 bridgehead atoms. The number of nitrogens with zero attached hydrogens (tertiary/aromatic N) is 5. The van der Waals surface area contributed by atoms with Crippen LogP contribution >= 0.6 is 0 Å². The first-order valence-corrected chi connectivity index (χ1v) is 14.3. The summed E-state index contributed by atoms with van der Waals surface area (Å²) < 4.78 is 48.3. The van der Waals surface area contributed by atoms with Crippen LogP contribution in [0.2, 0.25) is 0 Å². The Balaban J connectivity index is 0.000000296. The number of hydrogen-bond donors (Lipinski definition) is 1. The molecule has 5 heterocycles. The molecule has 3 unspecified atom stereocenters. The Morgan fingerprint density at radius 2 is 2.02 bits per heavy atom. The standard InChI is InChI=1S/C25H21F2N5O.C7H12FN/c1-4-16-19(26)9-8-14-6-5-7-17(20(14)16)22-21(27)23-18(13-29-22)24(31-25(30-23)33-3)32(2)15-10-11-28-12-15;8-6-4-7-2-1-3-9(7)5-6/h1,5-9,13,15,28H,10-12H2,2-3H3;6-7H,1-5H2. The minimum atomic E-state index is -0.646. The normalized spacial score (nSPS) is 21.7. The number of hydrogen-bond acceptors (Lipinski definition) is 7. The van der Waals surface area contributed by atoms with Crippen LogP contribution in [-0.2, 0) is 0 Å². The molecular formula is C32H33F3N6O. The number of anilines is 1. The molecule has 4 aromatic rings. The van der Waals surface area contributed by atoms with Crippen LogP contribution in [-0.4, -0.2) is 78.4 Å². The molecule has 3 aliphatic heterocycles. The third-order valence-electron chi connectivity index (χ3n) is 8.60. The fourth-order valence-corrected chi connectivity index (χ4v) is 6.43. The van der Waals surface area contributed by atoms with Gasteiger partial charge >= 0.3 is 6.01 Å². The van der Waals surface area contributed by atoms with E-state index in [0.717, 1.165) is 32.5 Å². The van der Waals surface area contributed by atoms with E-state index in [0.29, 0.717) is 40.1 Å². The van der Waals surface area contributed by atoms with Gasteiger partial charge in [-0.2, -0.15) is 9.97 Å². The Morgan fingerprint density at radius 1 is 1.17 bits per heavy atom. The summed E-state index contributed by atoms with van der Waals surface area (Å²) in [5, 5.41) is 4.91. The minimum Gasteiger partial charge on any atom is -0.467 e. The Hall–Kier alpha value is -3.94. The van der Waals surface area contributed by atoms with Crippen molar-refractivity contribution >= 4 is 27.5 Å². The van der Waals surface area contributed by atoms with Crippen LogP contribution in [0.25, 0.3) is 32.9 Å². The molecule has 7 nitrogen and oxygen atoms in total. The lowest BCUT2D eigenvalue weighted by Gasteiger charge is -2.26. The Kier molecular flexibility index (Phi) is 7.88. The van der Waals surface area contributed by atoms with Crippen LogP contribution in [0.5, 0.6) is 6.01 Å². The highest BCUT2D eigenvalue weighted by Crippen LogP contribution is 2.36. The van der Waals surface area contributed by atoms with E-state index in [4.69, 9.17) is 11.2 Å². The number of benzene rings is 2. The van der Waals surface area contributed by atoms with E-state index in [1.54, 1.807) is 30.5 Å². The van der Waals surface area contributed by atoms with Gasteiger partial charge in [-0.15, -0.1) is 6.42 Å². The molecule has 0 amide bonds. The molecule has 0 spiro atoms. The predicted molar refractivity (Wildman–Crippen MR) is 158 cm³/mol. The van der Waals surface area contributed by atoms with Crippen molar-refractivity contribution in [3.8, 4) is 29.6 Å². The number of likely N-dealkylation sites (N-methyl/N-ethyl adjacent to an activating group) is 1. The minimum absolute atomic E-state index is 0.0343. The van der Waals surface area contributed by atoms with Crippen molar-refractivity contribution in [2.45, 2.75) is 43.9 Å². The lowest BCUT2D eigenvalue weighted by molar-refractivity contribution is 0.292. The first-order chi connectivity index (χ1) is 20.4. The summed E-state index contributed by atoms with van der Waals surface area (Å²) in [6.45, 7) is 3.56. The molecule has 2 aromatic carbocycles. The smallest absolute Gasteiger partial charge is 0.318 e. The van der Waals surface area contributed by atoms with E-state index in [2.05, 4.69) is 31.1 Å². The molecule has 42 heavy (non-hydrogen) atoms. The molecule has 3 aliphatic rings. The number of rotatable bonds is 4. The monoisotopic (exact) mass is 574 g/mol. The van der Waals surface area contributed by atoms with E-state index in [-0.39, 0.29) is 28.8 Å². The Morgan fingerprint density at radius 3 is 2.76 bits per heavy atom. The summed E-state index contributed by atoms with van der Waals surface area (Å²) in [6, 6.07) is 9.02. The van der Waals surface area contributed by atoms with Crippen LogP contribution in [0, 0.1) is 24.0 Å². The number of halogens is 3. The van der Waals surface area contributed by atoms with Crippen LogP contribution in [0.15, 0.2) is 36.5 Å². The molecular weight excluding hydrogens is 541 g/mol. The van der Waals surface area contributed by atoms with Gasteiger partial charge in [-0.3, -0.25) is 9.88 Å². The molecule has 1 N–H and O–H groups in total. The number of methoxy groups -OCH3 is 1. The molecule has 0 aliphatic carbocycles. The van der Waals surface area contributed by atoms with Crippen molar-refractivity contribution in [2.75, 3.05) is 45.2 Å². The van der Waals surface area contributed by atoms with Crippen molar-refractivity contribution in [1.82, 2.24) is 25.2 Å². The number of terminal acetylenes is 1. The number of fused-ring (bicyclic) bond motifs is 3. The van der Waals surface area contributed by atoms with Crippen molar-refractivity contribution in [1.29, 1.82) is 0 Å². The second-order valence-electron chi connectivity index (χ2n) is 11.1. The highest BCUT2D eigenvalue weighted by molar-refractivity contribution is 6.02. The third-order valence-corrected chi connectivity index (χ3v) is 8.60. The average Bonchev–Trinajstić information content (AvgIpc) is 3.76. The number of aromatic nitrogens is 3. The average molecular weight is 575 g/mol. The molecule has 0 radical (unpaired) electrons. The largest absolute Gasteiger partial charge is 0.467 e. The van der Waals surface area contributed by atoms with Crippen molar-refractivity contribution in [3.63, 3.8) is 0 Å². The fraction of sp³-hybridized carbons (Fsp3) is 0.406. The zero-order chi connectivity index (χ0) is 29.4. The summed E-state index contributed by atoms with van der Waals surface area (Å²) in [7, 11) is 3.35. The fourth-order valence-electron chi connectivity index (χ4n) is 6.43. The second kappa shape index (κ2) is 11.7. The molecule has 3 saturated heterocycles. The van der Waals surface area contributed by atoms with Gasteiger partial charge in [-0.1, -0.05) is 30.2 Å². The van der Waals surface area contributed by atoms with Crippen LogP contribution in [0.4, 0.5) is 19.0 Å². The summed E-state index contributed by atoms with van der Waals surface area (Å²) in [4.78, 5) is 17.5. The third kappa shape index (κ3) is 5.12. The van der Waals surface area contributed by atoms with Gasteiger partial charge in [0.25, 0.3) is 0 Å². The Labute approximate surface area is 243 Å². The SMILES string of the molecule is C#Cc1c(F)ccc2cccc(-c3ncc4c(N(C)C5CCNC5)nc(OC)nc4c3F)c12.FC1CC2CCCN2C1. The predicted octanol–water partition coefficient (Wildman–Crippen LogP) is 5.10. The van der Waals surface area contributed by atoms with Crippen molar-refractivity contribution in [3.05, 3.63) is 53.7 Å². The molecule has 0 saturated carbocycles. The maximum Gasteiger partial charge on any atom is 0.318 e. The molecule has 7 rings (SSSR count). The summed E-state index contributed by atoms with van der Waals surface area (Å²) in [6.07, 6.45) is 10.9. The zero-order valence-corrected chi connectivity index (χ0v) is 23.7. The quantitative estimate of drug-likeness (QED) is 0.340. The number of nitrogens with one attached hydrogen (secondary N) is 1. The van der Waals surface area contributed by atoms with Gasteiger partial charge in [0.2, 0.25) is 0 Å². The van der Waals surface area contributed by atoms with Gasteiger partial charge in [-0.25, -0.2) is 13.2 Å². The first-order valence-electron chi connectivity index (χ1n) is 14.3. The molecule has 3 fully saturated rings. The lowest BCUT2D eigenvalue weighted by atomic mass is 9.96. The van der Waals surface area contributed by atoms with Crippen molar-refractivity contribution in [2.24, 2.45) is 0 Å². The molecule has 3 atom stereocenters. The maximum atomic E-state index is 16.0. The van der Waals surface area contributed by atoms with Gasteiger partial charge in [0.1, 0.15) is 29.0 Å². The summed E-state index contributed by atoms with van der Waals surface area (Å²) in [5.74, 6) is 1.74.